The number of hydrogen-bond acceptors (Lipinski definition) is 8. The van der Waals surface area contributed by atoms with Gasteiger partial charge in [0.25, 0.3) is 10.0 Å². The smallest absolute Gasteiger partial charge is 0.481 e. The molecular formula is C50H59F3N2O12S2. The molecule has 14 nitrogen and oxygen atoms in total. The third-order valence-electron chi connectivity index (χ3n) is 10.1. The predicted octanol–water partition coefficient (Wildman–Crippen LogP) is 9.87. The van der Waals surface area contributed by atoms with Crippen molar-refractivity contribution in [2.75, 3.05) is 9.44 Å². The quantitative estimate of drug-likeness (QED) is 0.0541. The summed E-state index contributed by atoms with van der Waals surface area (Å²) in [4.78, 5) is 42.6. The number of hydrogen-bond donors (Lipinski definition) is 6. The second kappa shape index (κ2) is 26.1. The SMILES string of the molecule is Cc1c(CC(=O)O)cccc1C(C)C.Cc1cc(CC(C)C)ccc1CC(=O)O.Cc1cc(NS(=O)(=O)C(F)(F)F)ccc1CC(=O)O.Cc1cc(NS(=O)(=O)c2ccccc2)ccc1CC(=O)O. The van der Waals surface area contributed by atoms with Gasteiger partial charge in [0.1, 0.15) is 0 Å². The Morgan fingerprint density at radius 3 is 1.35 bits per heavy atom. The van der Waals surface area contributed by atoms with E-state index in [0.717, 1.165) is 46.4 Å². The first kappa shape index (κ1) is 58.4. The van der Waals surface area contributed by atoms with Crippen LogP contribution >= 0.6 is 0 Å². The van der Waals surface area contributed by atoms with Gasteiger partial charge < -0.3 is 20.4 Å². The number of benzene rings is 5. The molecule has 0 aliphatic carbocycles. The van der Waals surface area contributed by atoms with Crippen LogP contribution in [0.3, 0.4) is 0 Å². The second-order valence-corrected chi connectivity index (χ2v) is 20.0. The number of anilines is 2. The fourth-order valence-corrected chi connectivity index (χ4v) is 8.29. The maximum absolute atomic E-state index is 12.2. The molecule has 5 aromatic carbocycles. The van der Waals surface area contributed by atoms with E-state index in [4.69, 9.17) is 20.4 Å². The van der Waals surface area contributed by atoms with Crippen LogP contribution in [-0.2, 0) is 71.3 Å². The number of nitrogens with one attached hydrogen (secondary N) is 2. The summed E-state index contributed by atoms with van der Waals surface area (Å²) in [6.07, 6.45) is 0.907. The summed E-state index contributed by atoms with van der Waals surface area (Å²) >= 11 is 0. The highest BCUT2D eigenvalue weighted by Gasteiger charge is 2.46. The molecule has 0 saturated carbocycles. The number of alkyl halides is 3. The number of carboxylic acids is 4. The zero-order valence-electron chi connectivity index (χ0n) is 39.5. The van der Waals surface area contributed by atoms with Gasteiger partial charge in [-0.15, -0.1) is 0 Å². The lowest BCUT2D eigenvalue weighted by Gasteiger charge is -2.12. The van der Waals surface area contributed by atoms with Crippen molar-refractivity contribution < 1.29 is 69.6 Å². The molecule has 0 unspecified atom stereocenters. The first-order valence-electron chi connectivity index (χ1n) is 21.3. The van der Waals surface area contributed by atoms with Crippen molar-refractivity contribution in [3.05, 3.63) is 159 Å². The molecule has 0 aromatic heterocycles. The fourth-order valence-electron chi connectivity index (χ4n) is 6.67. The van der Waals surface area contributed by atoms with Gasteiger partial charge in [-0.25, -0.2) is 8.42 Å². The van der Waals surface area contributed by atoms with Crippen LogP contribution in [0, 0.1) is 33.6 Å². The summed E-state index contributed by atoms with van der Waals surface area (Å²) in [6, 6.07) is 28.3. The molecule has 0 fully saturated rings. The van der Waals surface area contributed by atoms with Gasteiger partial charge in [-0.05, 0) is 138 Å². The van der Waals surface area contributed by atoms with Crippen molar-refractivity contribution in [2.45, 2.75) is 104 Å². The first-order chi connectivity index (χ1) is 31.9. The summed E-state index contributed by atoms with van der Waals surface area (Å²) in [5.74, 6) is -2.47. The molecule has 0 amide bonds. The van der Waals surface area contributed by atoms with Crippen LogP contribution in [-0.4, -0.2) is 66.6 Å². The van der Waals surface area contributed by atoms with Crippen molar-refractivity contribution in [1.29, 1.82) is 0 Å². The van der Waals surface area contributed by atoms with E-state index in [9.17, 15) is 49.2 Å². The van der Waals surface area contributed by atoms with Crippen molar-refractivity contribution in [2.24, 2.45) is 5.92 Å². The topological polar surface area (TPSA) is 242 Å². The van der Waals surface area contributed by atoms with Gasteiger partial charge >= 0.3 is 39.4 Å². The van der Waals surface area contributed by atoms with Crippen molar-refractivity contribution >= 4 is 55.3 Å². The Morgan fingerprint density at radius 1 is 0.536 bits per heavy atom. The largest absolute Gasteiger partial charge is 0.516 e. The molecule has 0 heterocycles. The minimum absolute atomic E-state index is 0.0858. The Labute approximate surface area is 401 Å². The molecule has 0 radical (unpaired) electrons. The van der Waals surface area contributed by atoms with Crippen LogP contribution in [0.15, 0.2) is 108 Å². The molecule has 6 N–H and O–H groups in total. The lowest BCUT2D eigenvalue weighted by atomic mass is 9.93. The van der Waals surface area contributed by atoms with Gasteiger partial charge in [0.2, 0.25) is 0 Å². The monoisotopic (exact) mass is 1000 g/mol. The number of aryl methyl sites for hydroxylation is 3. The summed E-state index contributed by atoms with van der Waals surface area (Å²) < 4.78 is 86.4. The van der Waals surface area contributed by atoms with Crippen LogP contribution < -0.4 is 9.44 Å². The standard InChI is InChI=1S/C15H15NO4S.C13H18O2.C12H16O2.C10H10F3NO4S/c1-11-9-13(8-7-12(11)10-15(17)18)16-21(19,20)14-5-3-2-4-6-14;1-9(2)6-11-4-5-12(8-13(14)15)10(3)7-11;1-8(2)11-6-4-5-10(9(11)3)7-12(13)14;1-6-4-8(3-2-7(6)5-9(15)16)14-19(17,18)10(11,12)13/h2-9,16H,10H2,1H3,(H,17,18);4-5,7,9H,6,8H2,1-3H3,(H,14,15);4-6,8H,7H2,1-3H3,(H,13,14);2-4,14H,5H2,1H3,(H,15,16). The lowest BCUT2D eigenvalue weighted by molar-refractivity contribution is -0.137. The summed E-state index contributed by atoms with van der Waals surface area (Å²) in [7, 11) is -9.10. The van der Waals surface area contributed by atoms with Crippen molar-refractivity contribution in [1.82, 2.24) is 0 Å². The Kier molecular flexibility index (Phi) is 22.1. The average Bonchev–Trinajstić information content (AvgIpc) is 3.21. The van der Waals surface area contributed by atoms with Gasteiger partial charge in [-0.3, -0.25) is 28.6 Å². The molecule has 0 aliphatic heterocycles. The summed E-state index contributed by atoms with van der Waals surface area (Å²) in [6.45, 7) is 15.8. The Morgan fingerprint density at radius 2 is 0.957 bits per heavy atom. The number of rotatable bonds is 16. The van der Waals surface area contributed by atoms with Crippen LogP contribution in [0.5, 0.6) is 0 Å². The van der Waals surface area contributed by atoms with E-state index < -0.39 is 49.4 Å². The molecule has 0 atom stereocenters. The number of sulfonamides is 2. The highest BCUT2D eigenvalue weighted by atomic mass is 32.2. The minimum atomic E-state index is -5.47. The zero-order valence-corrected chi connectivity index (χ0v) is 41.1. The highest BCUT2D eigenvalue weighted by molar-refractivity contribution is 7.93. The van der Waals surface area contributed by atoms with Gasteiger partial charge in [0.15, 0.2) is 0 Å². The molecule has 0 aliphatic rings. The van der Waals surface area contributed by atoms with E-state index in [1.165, 1.54) is 41.0 Å². The van der Waals surface area contributed by atoms with Crippen LogP contribution in [0.4, 0.5) is 24.5 Å². The maximum atomic E-state index is 12.2. The van der Waals surface area contributed by atoms with Gasteiger partial charge in [-0.2, -0.15) is 21.6 Å². The third kappa shape index (κ3) is 20.2. The normalized spacial score (nSPS) is 11.2. The molecule has 0 bridgehead atoms. The molecule has 5 rings (SSSR count). The third-order valence-corrected chi connectivity index (χ3v) is 12.6. The Balaban J connectivity index is 0.000000320. The fraction of sp³-hybridized carbons (Fsp3) is 0.320. The molecule has 5 aromatic rings. The Bertz CT molecular complexity index is 2800. The van der Waals surface area contributed by atoms with E-state index >= 15 is 0 Å². The predicted molar refractivity (Wildman–Crippen MR) is 259 cm³/mol. The van der Waals surface area contributed by atoms with Gasteiger partial charge in [0.05, 0.1) is 30.6 Å². The molecule has 0 spiro atoms. The zero-order chi connectivity index (χ0) is 52.4. The van der Waals surface area contributed by atoms with Crippen molar-refractivity contribution in [3.8, 4) is 0 Å². The highest BCUT2D eigenvalue weighted by Crippen LogP contribution is 2.27. The van der Waals surface area contributed by atoms with Crippen LogP contribution in [0.25, 0.3) is 0 Å². The number of halogens is 3. The summed E-state index contributed by atoms with van der Waals surface area (Å²) in [5, 5.41) is 34.8. The van der Waals surface area contributed by atoms with Gasteiger partial charge in [-0.1, -0.05) is 94.4 Å². The van der Waals surface area contributed by atoms with Crippen LogP contribution in [0.1, 0.15) is 89.2 Å². The van der Waals surface area contributed by atoms with Crippen LogP contribution in [0.2, 0.25) is 0 Å². The number of aliphatic carboxylic acids is 4. The van der Waals surface area contributed by atoms with E-state index in [1.807, 2.05) is 38.1 Å². The van der Waals surface area contributed by atoms with Gasteiger partial charge in [0, 0.05) is 11.4 Å². The molecule has 69 heavy (non-hydrogen) atoms. The van der Waals surface area contributed by atoms with E-state index in [0.29, 0.717) is 34.2 Å². The maximum Gasteiger partial charge on any atom is 0.516 e. The molecule has 374 valence electrons. The van der Waals surface area contributed by atoms with Crippen molar-refractivity contribution in [3.63, 3.8) is 0 Å². The molecule has 0 saturated heterocycles. The lowest BCUT2D eigenvalue weighted by Crippen LogP contribution is -2.29. The molecule has 19 heteroatoms. The average molecular weight is 1000 g/mol. The Hall–Kier alpha value is -6.73. The van der Waals surface area contributed by atoms with E-state index in [-0.39, 0.29) is 36.3 Å². The van der Waals surface area contributed by atoms with E-state index in [2.05, 4.69) is 44.5 Å². The number of carboxylic acid groups (broad SMARTS) is 4. The second-order valence-electron chi connectivity index (χ2n) is 16.7. The minimum Gasteiger partial charge on any atom is -0.481 e. The number of carbonyl (C=O) groups is 4. The first-order valence-corrected chi connectivity index (χ1v) is 24.3. The van der Waals surface area contributed by atoms with E-state index in [1.54, 1.807) is 43.3 Å². The molecular weight excluding hydrogens is 942 g/mol. The summed E-state index contributed by atoms with van der Waals surface area (Å²) in [5.41, 5.74) is 3.44.